The second-order valence-electron chi connectivity index (χ2n) is 4.13. The number of rotatable bonds is 4. The number of sulfone groups is 1. The molecule has 0 aromatic carbocycles. The maximum atomic E-state index is 11.6. The molecule has 1 aliphatic rings. The molecule has 1 aromatic heterocycles. The molecular weight excluding hydrogens is 274 g/mol. The maximum absolute atomic E-state index is 11.6. The van der Waals surface area contributed by atoms with Crippen molar-refractivity contribution in [3.8, 4) is 0 Å². The summed E-state index contributed by atoms with van der Waals surface area (Å²) in [6, 6.07) is 0. The van der Waals surface area contributed by atoms with Gasteiger partial charge >= 0.3 is 0 Å². The molecule has 0 saturated carbocycles. The Balaban J connectivity index is 1.70. The Morgan fingerprint density at radius 3 is 2.78 bits per heavy atom. The first-order chi connectivity index (χ1) is 8.55. The zero-order chi connectivity index (χ0) is 13.0. The number of carbonyl (C=O) groups is 1. The Bertz CT molecular complexity index is 484. The van der Waals surface area contributed by atoms with Crippen molar-refractivity contribution in [3.63, 3.8) is 0 Å². The van der Waals surface area contributed by atoms with Crippen LogP contribution in [0.2, 0.25) is 0 Å². The van der Waals surface area contributed by atoms with Crippen LogP contribution in [0.4, 0.5) is 5.13 Å². The van der Waals surface area contributed by atoms with E-state index in [2.05, 4.69) is 10.3 Å². The zero-order valence-corrected chi connectivity index (χ0v) is 11.5. The largest absolute Gasteiger partial charge is 0.302 e. The highest BCUT2D eigenvalue weighted by Crippen LogP contribution is 2.11. The molecule has 1 aliphatic heterocycles. The summed E-state index contributed by atoms with van der Waals surface area (Å²) in [6.07, 6.45) is 2.00. The molecule has 1 fully saturated rings. The molecule has 0 atom stereocenters. The number of amides is 1. The number of aromatic nitrogens is 1. The van der Waals surface area contributed by atoms with Gasteiger partial charge in [-0.25, -0.2) is 13.4 Å². The van der Waals surface area contributed by atoms with Crippen LogP contribution in [0.1, 0.15) is 6.42 Å². The Labute approximate surface area is 110 Å². The van der Waals surface area contributed by atoms with E-state index in [1.165, 1.54) is 11.3 Å². The summed E-state index contributed by atoms with van der Waals surface area (Å²) >= 11 is 1.38. The summed E-state index contributed by atoms with van der Waals surface area (Å²) in [6.45, 7) is 1.63. The van der Waals surface area contributed by atoms with Crippen molar-refractivity contribution in [2.45, 2.75) is 6.42 Å². The molecular formula is C10H15N3O3S2. The number of nitrogens with one attached hydrogen (secondary N) is 1. The van der Waals surface area contributed by atoms with E-state index in [0.717, 1.165) is 0 Å². The minimum atomic E-state index is -2.85. The third kappa shape index (κ3) is 4.04. The van der Waals surface area contributed by atoms with Crippen LogP contribution in [-0.2, 0) is 14.6 Å². The lowest BCUT2D eigenvalue weighted by Crippen LogP contribution is -2.41. The average Bonchev–Trinajstić information content (AvgIpc) is 2.80. The van der Waals surface area contributed by atoms with E-state index in [0.29, 0.717) is 31.2 Å². The van der Waals surface area contributed by atoms with Gasteiger partial charge in [0.05, 0.1) is 11.5 Å². The first kappa shape index (κ1) is 13.4. The highest BCUT2D eigenvalue weighted by molar-refractivity contribution is 7.91. The van der Waals surface area contributed by atoms with E-state index in [-0.39, 0.29) is 17.4 Å². The van der Waals surface area contributed by atoms with E-state index < -0.39 is 9.84 Å². The molecule has 0 bridgehead atoms. The average molecular weight is 289 g/mol. The number of anilines is 1. The molecule has 2 heterocycles. The molecule has 0 unspecified atom stereocenters. The fraction of sp³-hybridized carbons (Fsp3) is 0.600. The molecule has 0 spiro atoms. The Hall–Kier alpha value is -0.990. The lowest BCUT2D eigenvalue weighted by atomic mass is 10.3. The summed E-state index contributed by atoms with van der Waals surface area (Å²) in [4.78, 5) is 17.6. The fourth-order valence-corrected chi connectivity index (χ4v) is 3.52. The van der Waals surface area contributed by atoms with E-state index >= 15 is 0 Å². The van der Waals surface area contributed by atoms with Gasteiger partial charge in [-0.2, -0.15) is 0 Å². The molecule has 1 N–H and O–H groups in total. The van der Waals surface area contributed by atoms with Crippen LogP contribution in [0.15, 0.2) is 11.6 Å². The Morgan fingerprint density at radius 2 is 2.17 bits per heavy atom. The molecule has 6 nitrogen and oxygen atoms in total. The van der Waals surface area contributed by atoms with E-state index in [9.17, 15) is 13.2 Å². The van der Waals surface area contributed by atoms with E-state index in [4.69, 9.17) is 0 Å². The van der Waals surface area contributed by atoms with Crippen molar-refractivity contribution in [1.29, 1.82) is 0 Å². The predicted octanol–water partition coefficient (Wildman–Crippen LogP) is 0.202. The zero-order valence-electron chi connectivity index (χ0n) is 9.83. The molecule has 0 radical (unpaired) electrons. The van der Waals surface area contributed by atoms with Gasteiger partial charge in [0.2, 0.25) is 5.91 Å². The van der Waals surface area contributed by atoms with Crippen LogP contribution in [0.25, 0.3) is 0 Å². The summed E-state index contributed by atoms with van der Waals surface area (Å²) in [5.74, 6) is 0.306. The highest BCUT2D eigenvalue weighted by atomic mass is 32.2. The minimum Gasteiger partial charge on any atom is -0.302 e. The van der Waals surface area contributed by atoms with Crippen LogP contribution >= 0.6 is 11.3 Å². The van der Waals surface area contributed by atoms with Crippen molar-refractivity contribution in [1.82, 2.24) is 9.88 Å². The van der Waals surface area contributed by atoms with Gasteiger partial charge < -0.3 is 10.2 Å². The number of hydrogen-bond donors (Lipinski definition) is 1. The Kier molecular flexibility index (Phi) is 4.31. The first-order valence-electron chi connectivity index (χ1n) is 5.67. The topological polar surface area (TPSA) is 79.4 Å². The van der Waals surface area contributed by atoms with Gasteiger partial charge in [0.1, 0.15) is 0 Å². The maximum Gasteiger partial charge on any atom is 0.227 e. The van der Waals surface area contributed by atoms with Crippen LogP contribution in [0.5, 0.6) is 0 Å². The van der Waals surface area contributed by atoms with Crippen molar-refractivity contribution < 1.29 is 13.2 Å². The van der Waals surface area contributed by atoms with Crippen molar-refractivity contribution in [2.24, 2.45) is 0 Å². The number of hydrogen-bond acceptors (Lipinski definition) is 6. The van der Waals surface area contributed by atoms with Crippen LogP contribution in [0, 0.1) is 0 Å². The quantitative estimate of drug-likeness (QED) is 0.856. The van der Waals surface area contributed by atoms with E-state index in [1.54, 1.807) is 11.6 Å². The number of thiazole rings is 1. The monoisotopic (exact) mass is 289 g/mol. The van der Waals surface area contributed by atoms with Crippen molar-refractivity contribution in [3.05, 3.63) is 11.6 Å². The minimum absolute atomic E-state index is 0.0848. The van der Waals surface area contributed by atoms with E-state index in [1.807, 2.05) is 4.90 Å². The van der Waals surface area contributed by atoms with Gasteiger partial charge in [-0.1, -0.05) is 0 Å². The number of carbonyl (C=O) groups excluding carboxylic acids is 1. The fourth-order valence-electron chi connectivity index (χ4n) is 1.70. The van der Waals surface area contributed by atoms with Crippen LogP contribution < -0.4 is 5.32 Å². The van der Waals surface area contributed by atoms with Gasteiger partial charge in [0.25, 0.3) is 0 Å². The Morgan fingerprint density at radius 1 is 1.44 bits per heavy atom. The third-order valence-corrected chi connectivity index (χ3v) is 5.07. The first-order valence-corrected chi connectivity index (χ1v) is 8.37. The molecule has 1 amide bonds. The van der Waals surface area contributed by atoms with Gasteiger partial charge in [-0.15, -0.1) is 11.3 Å². The van der Waals surface area contributed by atoms with Gasteiger partial charge in [0.15, 0.2) is 15.0 Å². The second kappa shape index (κ2) is 5.77. The standard InChI is InChI=1S/C10H15N3O3S2/c14-9(12-10-11-2-6-17-10)1-3-13-4-7-18(15,16)8-5-13/h2,6H,1,3-5,7-8H2,(H,11,12,14). The summed E-state index contributed by atoms with van der Waals surface area (Å²) in [7, 11) is -2.85. The van der Waals surface area contributed by atoms with Crippen molar-refractivity contribution in [2.75, 3.05) is 36.5 Å². The molecule has 1 aromatic rings. The van der Waals surface area contributed by atoms with Gasteiger partial charge in [-0.05, 0) is 0 Å². The molecule has 18 heavy (non-hydrogen) atoms. The molecule has 1 saturated heterocycles. The normalized spacial score (nSPS) is 19.6. The summed E-state index contributed by atoms with van der Waals surface area (Å²) in [5.41, 5.74) is 0. The molecule has 2 rings (SSSR count). The summed E-state index contributed by atoms with van der Waals surface area (Å²) in [5, 5.41) is 5.10. The van der Waals surface area contributed by atoms with Gasteiger partial charge in [-0.3, -0.25) is 4.79 Å². The van der Waals surface area contributed by atoms with Crippen LogP contribution in [0.3, 0.4) is 0 Å². The molecule has 8 heteroatoms. The molecule has 0 aliphatic carbocycles. The predicted molar refractivity (Wildman–Crippen MR) is 70.5 cm³/mol. The molecule has 100 valence electrons. The SMILES string of the molecule is O=C(CCN1CCS(=O)(=O)CC1)Nc1nccs1. The lowest BCUT2D eigenvalue weighted by Gasteiger charge is -2.25. The van der Waals surface area contributed by atoms with Crippen molar-refractivity contribution >= 4 is 32.2 Å². The smallest absolute Gasteiger partial charge is 0.227 e. The second-order valence-corrected chi connectivity index (χ2v) is 7.33. The summed E-state index contributed by atoms with van der Waals surface area (Å²) < 4.78 is 22.5. The number of nitrogens with zero attached hydrogens (tertiary/aromatic N) is 2. The highest BCUT2D eigenvalue weighted by Gasteiger charge is 2.21. The van der Waals surface area contributed by atoms with Crippen LogP contribution in [-0.4, -0.2) is 55.3 Å². The lowest BCUT2D eigenvalue weighted by molar-refractivity contribution is -0.116. The third-order valence-electron chi connectivity index (χ3n) is 2.77. The van der Waals surface area contributed by atoms with Gasteiger partial charge in [0, 0.05) is 37.6 Å².